The Balaban J connectivity index is 1.84. The minimum atomic E-state index is -4.28. The molecule has 1 fully saturated rings. The molecule has 1 saturated carbocycles. The van der Waals surface area contributed by atoms with E-state index in [4.69, 9.17) is 0 Å². The first-order valence-electron chi connectivity index (χ1n) is 7.88. The Labute approximate surface area is 124 Å². The zero-order valence-corrected chi connectivity index (χ0v) is 12.5. The molecule has 1 aliphatic rings. The molecule has 118 valence electrons. The second-order valence-electron chi connectivity index (χ2n) is 6.05. The van der Waals surface area contributed by atoms with Crippen LogP contribution in [-0.2, 0) is 6.18 Å². The maximum atomic E-state index is 13.0. The number of halogens is 3. The van der Waals surface area contributed by atoms with Gasteiger partial charge in [-0.25, -0.2) is 0 Å². The van der Waals surface area contributed by atoms with E-state index in [-0.39, 0.29) is 6.04 Å². The molecule has 1 nitrogen and oxygen atoms in total. The molecule has 0 amide bonds. The molecule has 1 N–H and O–H groups in total. The highest BCUT2D eigenvalue weighted by Gasteiger charge is 2.33. The van der Waals surface area contributed by atoms with Gasteiger partial charge in [0.25, 0.3) is 0 Å². The molecule has 0 aromatic heterocycles. The van der Waals surface area contributed by atoms with Crippen molar-refractivity contribution in [2.24, 2.45) is 5.92 Å². The van der Waals surface area contributed by atoms with E-state index in [1.165, 1.54) is 38.2 Å². The van der Waals surface area contributed by atoms with Crippen molar-refractivity contribution in [3.63, 3.8) is 0 Å². The minimum absolute atomic E-state index is 0.272. The van der Waals surface area contributed by atoms with Crippen LogP contribution in [0.4, 0.5) is 13.2 Å². The third kappa shape index (κ3) is 4.73. The molecule has 4 heteroatoms. The van der Waals surface area contributed by atoms with E-state index in [1.54, 1.807) is 19.1 Å². The first-order chi connectivity index (χ1) is 9.98. The highest BCUT2D eigenvalue weighted by Crippen LogP contribution is 2.34. The average Bonchev–Trinajstić information content (AvgIpc) is 2.95. The van der Waals surface area contributed by atoms with Gasteiger partial charge in [0.2, 0.25) is 0 Å². The van der Waals surface area contributed by atoms with Gasteiger partial charge < -0.3 is 5.32 Å². The summed E-state index contributed by atoms with van der Waals surface area (Å²) in [4.78, 5) is 0. The number of nitrogens with one attached hydrogen (secondary N) is 1. The Kier molecular flexibility index (Phi) is 5.68. The second-order valence-corrected chi connectivity index (χ2v) is 6.05. The van der Waals surface area contributed by atoms with Gasteiger partial charge >= 0.3 is 6.18 Å². The summed E-state index contributed by atoms with van der Waals surface area (Å²) in [7, 11) is 0. The molecule has 1 aromatic rings. The first kappa shape index (κ1) is 16.3. The van der Waals surface area contributed by atoms with Crippen molar-refractivity contribution in [2.45, 2.75) is 57.7 Å². The van der Waals surface area contributed by atoms with Crippen molar-refractivity contribution in [1.29, 1.82) is 0 Å². The number of hydrogen-bond acceptors (Lipinski definition) is 1. The van der Waals surface area contributed by atoms with Crippen molar-refractivity contribution >= 4 is 0 Å². The van der Waals surface area contributed by atoms with E-state index in [0.29, 0.717) is 5.56 Å². The fraction of sp³-hybridized carbons (Fsp3) is 0.647. The SMILES string of the molecule is CC(NCCCC1CCCC1)c1ccccc1C(F)(F)F. The maximum absolute atomic E-state index is 13.0. The molecule has 0 bridgehead atoms. The van der Waals surface area contributed by atoms with Crippen LogP contribution in [-0.4, -0.2) is 6.54 Å². The number of rotatable bonds is 6. The molecule has 0 spiro atoms. The van der Waals surface area contributed by atoms with Crippen molar-refractivity contribution < 1.29 is 13.2 Å². The lowest BCUT2D eigenvalue weighted by Crippen LogP contribution is -2.23. The van der Waals surface area contributed by atoms with Crippen LogP contribution in [0.5, 0.6) is 0 Å². The molecule has 1 aromatic carbocycles. The molecule has 0 aliphatic heterocycles. The largest absolute Gasteiger partial charge is 0.416 e. The van der Waals surface area contributed by atoms with Crippen molar-refractivity contribution in [1.82, 2.24) is 5.32 Å². The lowest BCUT2D eigenvalue weighted by molar-refractivity contribution is -0.138. The number of benzene rings is 1. The van der Waals surface area contributed by atoms with E-state index in [9.17, 15) is 13.2 Å². The van der Waals surface area contributed by atoms with Gasteiger partial charge in [-0.15, -0.1) is 0 Å². The smallest absolute Gasteiger partial charge is 0.310 e. The molecular weight excluding hydrogens is 275 g/mol. The van der Waals surface area contributed by atoms with E-state index >= 15 is 0 Å². The van der Waals surface area contributed by atoms with Crippen molar-refractivity contribution in [2.75, 3.05) is 6.54 Å². The van der Waals surface area contributed by atoms with Crippen LogP contribution in [0, 0.1) is 5.92 Å². The lowest BCUT2D eigenvalue weighted by atomic mass is 10.00. The van der Waals surface area contributed by atoms with E-state index in [2.05, 4.69) is 5.32 Å². The zero-order valence-electron chi connectivity index (χ0n) is 12.5. The van der Waals surface area contributed by atoms with E-state index < -0.39 is 11.7 Å². The monoisotopic (exact) mass is 299 g/mol. The molecule has 2 rings (SSSR count). The quantitative estimate of drug-likeness (QED) is 0.700. The Morgan fingerprint density at radius 3 is 2.52 bits per heavy atom. The molecule has 1 aliphatic carbocycles. The molecule has 21 heavy (non-hydrogen) atoms. The van der Waals surface area contributed by atoms with Gasteiger partial charge in [0.05, 0.1) is 5.56 Å². The van der Waals surface area contributed by atoms with Crippen LogP contribution in [0.25, 0.3) is 0 Å². The predicted octanol–water partition coefficient (Wildman–Crippen LogP) is 5.33. The summed E-state index contributed by atoms with van der Waals surface area (Å²) in [5.74, 6) is 0.838. The van der Waals surface area contributed by atoms with Gasteiger partial charge in [0, 0.05) is 6.04 Å². The van der Waals surface area contributed by atoms with E-state index in [1.807, 2.05) is 0 Å². The third-order valence-corrected chi connectivity index (χ3v) is 4.45. The molecule has 1 unspecified atom stereocenters. The molecule has 0 radical (unpaired) electrons. The summed E-state index contributed by atoms with van der Waals surface area (Å²) in [6, 6.07) is 5.57. The van der Waals surface area contributed by atoms with Gasteiger partial charge in [-0.05, 0) is 43.9 Å². The van der Waals surface area contributed by atoms with Gasteiger partial charge in [-0.1, -0.05) is 43.9 Å². The van der Waals surface area contributed by atoms with Crippen LogP contribution in [0.3, 0.4) is 0 Å². The van der Waals surface area contributed by atoms with Gasteiger partial charge in [-0.3, -0.25) is 0 Å². The summed E-state index contributed by atoms with van der Waals surface area (Å²) < 4.78 is 38.9. The summed E-state index contributed by atoms with van der Waals surface area (Å²) in [6.07, 6.45) is 3.29. The normalized spacial score (nSPS) is 18.1. The second kappa shape index (κ2) is 7.30. The summed E-state index contributed by atoms with van der Waals surface area (Å²) in [6.45, 7) is 2.59. The van der Waals surface area contributed by atoms with Crippen LogP contribution in [0.2, 0.25) is 0 Å². The van der Waals surface area contributed by atoms with Crippen LogP contribution in [0.15, 0.2) is 24.3 Å². The lowest BCUT2D eigenvalue weighted by Gasteiger charge is -2.20. The van der Waals surface area contributed by atoms with Gasteiger partial charge in [-0.2, -0.15) is 13.2 Å². The van der Waals surface area contributed by atoms with Gasteiger partial charge in [0.15, 0.2) is 0 Å². The number of alkyl halides is 3. The maximum Gasteiger partial charge on any atom is 0.416 e. The Bertz CT molecular complexity index is 436. The average molecular weight is 299 g/mol. The summed E-state index contributed by atoms with van der Waals surface area (Å²) >= 11 is 0. The highest BCUT2D eigenvalue weighted by atomic mass is 19.4. The highest BCUT2D eigenvalue weighted by molar-refractivity contribution is 5.31. The number of hydrogen-bond donors (Lipinski definition) is 1. The van der Waals surface area contributed by atoms with Crippen LogP contribution in [0.1, 0.15) is 62.6 Å². The molecule has 0 heterocycles. The fourth-order valence-electron chi connectivity index (χ4n) is 3.25. The Hall–Kier alpha value is -1.03. The van der Waals surface area contributed by atoms with Crippen LogP contribution < -0.4 is 5.32 Å². The van der Waals surface area contributed by atoms with Gasteiger partial charge in [0.1, 0.15) is 0 Å². The molecular formula is C17H24F3N. The zero-order chi connectivity index (χ0) is 15.3. The summed E-state index contributed by atoms with van der Waals surface area (Å²) in [5.41, 5.74) is -0.188. The molecule has 1 atom stereocenters. The topological polar surface area (TPSA) is 12.0 Å². The fourth-order valence-corrected chi connectivity index (χ4v) is 3.25. The van der Waals surface area contributed by atoms with Crippen LogP contribution >= 0.6 is 0 Å². The Morgan fingerprint density at radius 2 is 1.86 bits per heavy atom. The van der Waals surface area contributed by atoms with E-state index in [0.717, 1.165) is 24.9 Å². The summed E-state index contributed by atoms with van der Waals surface area (Å²) in [5, 5.41) is 3.24. The molecule has 0 saturated heterocycles. The third-order valence-electron chi connectivity index (χ3n) is 4.45. The predicted molar refractivity (Wildman–Crippen MR) is 79.1 cm³/mol. The van der Waals surface area contributed by atoms with Crippen molar-refractivity contribution in [3.8, 4) is 0 Å². The standard InChI is InChI=1S/C17H24F3N/c1-13(21-12-6-9-14-7-2-3-8-14)15-10-4-5-11-16(15)17(18,19)20/h4-5,10-11,13-14,21H,2-3,6-9,12H2,1H3. The first-order valence-corrected chi connectivity index (χ1v) is 7.88. The Morgan fingerprint density at radius 1 is 1.19 bits per heavy atom. The van der Waals surface area contributed by atoms with Crippen molar-refractivity contribution in [3.05, 3.63) is 35.4 Å². The minimum Gasteiger partial charge on any atom is -0.310 e.